The van der Waals surface area contributed by atoms with Gasteiger partial charge >= 0.3 is 0 Å². The van der Waals surface area contributed by atoms with Crippen molar-refractivity contribution in [2.24, 2.45) is 11.3 Å². The number of carbonyl (C=O) groups is 1. The fraction of sp³-hybridized carbons (Fsp3) is 0.909. The van der Waals surface area contributed by atoms with Gasteiger partial charge in [-0.1, -0.05) is 0 Å². The second kappa shape index (κ2) is 4.10. The van der Waals surface area contributed by atoms with E-state index in [9.17, 15) is 10.0 Å². The number of carbonyl (C=O) groups excluding carboxylic acids is 1. The van der Waals surface area contributed by atoms with Crippen molar-refractivity contribution in [3.05, 3.63) is 0 Å². The van der Waals surface area contributed by atoms with E-state index >= 15 is 0 Å². The highest BCUT2D eigenvalue weighted by molar-refractivity contribution is 5.83. The van der Waals surface area contributed by atoms with Gasteiger partial charge in [-0.15, -0.1) is 0 Å². The molecule has 0 aromatic carbocycles. The third-order valence-electron chi connectivity index (χ3n) is 3.95. The summed E-state index contributed by atoms with van der Waals surface area (Å²) in [4.78, 5) is 11.8. The Labute approximate surface area is 90.2 Å². The Bertz CT molecular complexity index is 246. The van der Waals surface area contributed by atoms with E-state index in [1.165, 1.54) is 0 Å². The van der Waals surface area contributed by atoms with Crippen molar-refractivity contribution in [3.63, 3.8) is 0 Å². The smallest absolute Gasteiger partial charge is 0.252 e. The molecule has 1 spiro atoms. The minimum absolute atomic E-state index is 0.0571. The molecule has 1 saturated carbocycles. The molecule has 86 valence electrons. The van der Waals surface area contributed by atoms with Gasteiger partial charge in [0, 0.05) is 20.3 Å². The van der Waals surface area contributed by atoms with Gasteiger partial charge in [0.2, 0.25) is 0 Å². The number of ether oxygens (including phenoxy) is 1. The molecule has 1 saturated heterocycles. The zero-order valence-corrected chi connectivity index (χ0v) is 9.24. The maximum Gasteiger partial charge on any atom is 0.252 e. The first-order valence-electron chi connectivity index (χ1n) is 5.68. The van der Waals surface area contributed by atoms with E-state index in [2.05, 4.69) is 0 Å². The molecule has 2 rings (SSSR count). The van der Waals surface area contributed by atoms with Crippen molar-refractivity contribution >= 4 is 5.91 Å². The number of rotatable bonds is 2. The molecule has 2 fully saturated rings. The van der Waals surface area contributed by atoms with Crippen molar-refractivity contribution in [2.75, 3.05) is 20.3 Å². The van der Waals surface area contributed by atoms with Crippen molar-refractivity contribution in [1.29, 1.82) is 0 Å². The Morgan fingerprint density at radius 1 is 1.47 bits per heavy atom. The maximum atomic E-state index is 11.8. The Morgan fingerprint density at radius 2 is 2.13 bits per heavy atom. The van der Waals surface area contributed by atoms with Crippen LogP contribution >= 0.6 is 0 Å². The molecule has 1 N–H and O–H groups in total. The number of methoxy groups -OCH3 is 1. The first-order valence-corrected chi connectivity index (χ1v) is 5.68. The summed E-state index contributed by atoms with van der Waals surface area (Å²) in [5.41, 5.74) is -0.237. The van der Waals surface area contributed by atoms with Crippen LogP contribution in [0.2, 0.25) is 0 Å². The van der Waals surface area contributed by atoms with Gasteiger partial charge in [-0.3, -0.25) is 10.0 Å². The second-order valence-corrected chi connectivity index (χ2v) is 4.86. The first kappa shape index (κ1) is 10.9. The molecule has 1 heterocycles. The SMILES string of the molecule is COCC1CCC2(CC1)CCN(O)C2=O. The molecule has 1 aliphatic heterocycles. The first-order chi connectivity index (χ1) is 7.18. The molecule has 15 heavy (non-hydrogen) atoms. The van der Waals surface area contributed by atoms with Gasteiger partial charge in [0.15, 0.2) is 0 Å². The Hall–Kier alpha value is -0.610. The van der Waals surface area contributed by atoms with E-state index in [-0.39, 0.29) is 11.3 Å². The quantitative estimate of drug-likeness (QED) is 0.706. The lowest BCUT2D eigenvalue weighted by atomic mass is 9.70. The molecular weight excluding hydrogens is 194 g/mol. The Morgan fingerprint density at radius 3 is 2.60 bits per heavy atom. The van der Waals surface area contributed by atoms with E-state index < -0.39 is 0 Å². The molecule has 4 heteroatoms. The number of hydrogen-bond acceptors (Lipinski definition) is 3. The average Bonchev–Trinajstić information content (AvgIpc) is 2.52. The summed E-state index contributed by atoms with van der Waals surface area (Å²) in [6.07, 6.45) is 4.75. The molecule has 0 atom stereocenters. The highest BCUT2D eigenvalue weighted by atomic mass is 16.5. The molecule has 1 aliphatic carbocycles. The van der Waals surface area contributed by atoms with Crippen molar-refractivity contribution in [2.45, 2.75) is 32.1 Å². The minimum Gasteiger partial charge on any atom is -0.384 e. The normalized spacial score (nSPS) is 36.5. The summed E-state index contributed by atoms with van der Waals surface area (Å²) >= 11 is 0. The van der Waals surface area contributed by atoms with Gasteiger partial charge in [0.1, 0.15) is 0 Å². The molecule has 2 aliphatic rings. The van der Waals surface area contributed by atoms with Crippen molar-refractivity contribution < 1.29 is 14.7 Å². The summed E-state index contributed by atoms with van der Waals surface area (Å²) in [7, 11) is 1.72. The third kappa shape index (κ3) is 1.88. The van der Waals surface area contributed by atoms with Crippen LogP contribution in [0.1, 0.15) is 32.1 Å². The highest BCUT2D eigenvalue weighted by Gasteiger charge is 2.48. The molecule has 1 amide bonds. The summed E-state index contributed by atoms with van der Waals surface area (Å²) < 4.78 is 5.14. The van der Waals surface area contributed by atoms with Crippen LogP contribution < -0.4 is 0 Å². The van der Waals surface area contributed by atoms with E-state index in [0.717, 1.165) is 43.8 Å². The minimum atomic E-state index is -0.237. The lowest BCUT2D eigenvalue weighted by molar-refractivity contribution is -0.165. The zero-order valence-electron chi connectivity index (χ0n) is 9.24. The Kier molecular flexibility index (Phi) is 2.98. The largest absolute Gasteiger partial charge is 0.384 e. The van der Waals surface area contributed by atoms with E-state index in [1.54, 1.807) is 7.11 Å². The number of amides is 1. The van der Waals surface area contributed by atoms with Crippen LogP contribution in [0.25, 0.3) is 0 Å². The summed E-state index contributed by atoms with van der Waals surface area (Å²) in [6, 6.07) is 0. The summed E-state index contributed by atoms with van der Waals surface area (Å²) in [5.74, 6) is 0.541. The molecular formula is C11H19NO3. The fourth-order valence-electron chi connectivity index (χ4n) is 2.90. The molecule has 0 aromatic rings. The molecule has 4 nitrogen and oxygen atoms in total. The van der Waals surface area contributed by atoms with Crippen LogP contribution in [-0.4, -0.2) is 36.4 Å². The predicted molar refractivity (Wildman–Crippen MR) is 54.4 cm³/mol. The van der Waals surface area contributed by atoms with Crippen LogP contribution in [0.3, 0.4) is 0 Å². The van der Waals surface area contributed by atoms with Crippen LogP contribution in [-0.2, 0) is 9.53 Å². The van der Waals surface area contributed by atoms with Crippen molar-refractivity contribution in [1.82, 2.24) is 5.06 Å². The van der Waals surface area contributed by atoms with Gasteiger partial charge in [-0.25, -0.2) is 5.06 Å². The van der Waals surface area contributed by atoms with E-state index in [1.807, 2.05) is 0 Å². The van der Waals surface area contributed by atoms with Gasteiger partial charge in [-0.05, 0) is 38.0 Å². The summed E-state index contributed by atoms with van der Waals surface area (Å²) in [5, 5.41) is 10.2. The standard InChI is InChI=1S/C11H19NO3/c1-15-8-9-2-4-11(5-3-9)6-7-12(14)10(11)13/h9,14H,2-8H2,1H3. The van der Waals surface area contributed by atoms with Gasteiger partial charge < -0.3 is 4.74 Å². The van der Waals surface area contributed by atoms with Crippen LogP contribution in [0.4, 0.5) is 0 Å². The predicted octanol–water partition coefficient (Wildman–Crippen LogP) is 1.43. The lowest BCUT2D eigenvalue weighted by Crippen LogP contribution is -2.36. The van der Waals surface area contributed by atoms with Crippen LogP contribution in [0.15, 0.2) is 0 Å². The monoisotopic (exact) mass is 213 g/mol. The lowest BCUT2D eigenvalue weighted by Gasteiger charge is -2.34. The topological polar surface area (TPSA) is 49.8 Å². The van der Waals surface area contributed by atoms with E-state index in [4.69, 9.17) is 4.74 Å². The van der Waals surface area contributed by atoms with Gasteiger partial charge in [0.25, 0.3) is 5.91 Å². The number of hydrogen-bond donors (Lipinski definition) is 1. The van der Waals surface area contributed by atoms with E-state index in [0.29, 0.717) is 12.5 Å². The fourth-order valence-corrected chi connectivity index (χ4v) is 2.90. The highest BCUT2D eigenvalue weighted by Crippen LogP contribution is 2.45. The van der Waals surface area contributed by atoms with Crippen molar-refractivity contribution in [3.8, 4) is 0 Å². The van der Waals surface area contributed by atoms with Crippen LogP contribution in [0.5, 0.6) is 0 Å². The molecule has 0 radical (unpaired) electrons. The number of nitrogens with zero attached hydrogens (tertiary/aromatic N) is 1. The third-order valence-corrected chi connectivity index (χ3v) is 3.95. The zero-order chi connectivity index (χ0) is 10.9. The summed E-state index contributed by atoms with van der Waals surface area (Å²) in [6.45, 7) is 1.31. The Balaban J connectivity index is 1.95. The van der Waals surface area contributed by atoms with Gasteiger partial charge in [-0.2, -0.15) is 0 Å². The van der Waals surface area contributed by atoms with Crippen LogP contribution in [0, 0.1) is 11.3 Å². The molecule has 0 bridgehead atoms. The maximum absolute atomic E-state index is 11.8. The van der Waals surface area contributed by atoms with Gasteiger partial charge in [0.05, 0.1) is 5.41 Å². The second-order valence-electron chi connectivity index (χ2n) is 4.86. The average molecular weight is 213 g/mol. The molecule has 0 unspecified atom stereocenters. The molecule has 0 aromatic heterocycles. The number of hydroxylamine groups is 2.